The molecule has 0 bridgehead atoms. The highest BCUT2D eigenvalue weighted by atomic mass is 79.9. The maximum absolute atomic E-state index is 5.97. The number of hydrogen-bond donors (Lipinski definition) is 1. The van der Waals surface area contributed by atoms with Crippen molar-refractivity contribution in [2.24, 2.45) is 0 Å². The summed E-state index contributed by atoms with van der Waals surface area (Å²) in [5.41, 5.74) is 8.90. The Labute approximate surface area is 107 Å². The van der Waals surface area contributed by atoms with Crippen LogP contribution in [0.4, 0.5) is 5.82 Å². The first-order valence-corrected chi connectivity index (χ1v) is 6.31. The number of hydrogen-bond acceptors (Lipinski definition) is 4. The van der Waals surface area contributed by atoms with Crippen LogP contribution in [0.1, 0.15) is 17.7 Å². The van der Waals surface area contributed by atoms with Crippen molar-refractivity contribution in [3.05, 3.63) is 34.1 Å². The van der Waals surface area contributed by atoms with Crippen molar-refractivity contribution in [3.63, 3.8) is 0 Å². The molecular formula is C12H11BrN4. The minimum Gasteiger partial charge on any atom is -0.383 e. The SMILES string of the molecule is Nc1nc(-c2ncccc2Br)nc2c1CCC2. The van der Waals surface area contributed by atoms with Gasteiger partial charge in [-0.3, -0.25) is 4.98 Å². The zero-order chi connectivity index (χ0) is 11.8. The predicted molar refractivity (Wildman–Crippen MR) is 69.4 cm³/mol. The third-order valence-electron chi connectivity index (χ3n) is 2.94. The van der Waals surface area contributed by atoms with Crippen molar-refractivity contribution in [3.8, 4) is 11.5 Å². The maximum Gasteiger partial charge on any atom is 0.181 e. The molecule has 3 rings (SSSR count). The number of aryl methyl sites for hydroxylation is 1. The number of halogens is 1. The number of rotatable bonds is 1. The standard InChI is InChI=1S/C12H11BrN4/c13-8-4-2-6-15-10(8)12-16-9-5-1-3-7(9)11(14)17-12/h2,4,6H,1,3,5H2,(H2,14,16,17). The van der Waals surface area contributed by atoms with Crippen LogP contribution in [-0.4, -0.2) is 15.0 Å². The van der Waals surface area contributed by atoms with E-state index in [-0.39, 0.29) is 0 Å². The smallest absolute Gasteiger partial charge is 0.181 e. The topological polar surface area (TPSA) is 64.7 Å². The molecule has 1 aliphatic rings. The zero-order valence-electron chi connectivity index (χ0n) is 9.15. The average Bonchev–Trinajstić information content (AvgIpc) is 2.78. The van der Waals surface area contributed by atoms with Crippen molar-refractivity contribution in [2.75, 3.05) is 5.73 Å². The lowest BCUT2D eigenvalue weighted by Gasteiger charge is -2.07. The van der Waals surface area contributed by atoms with Crippen LogP contribution in [0.2, 0.25) is 0 Å². The summed E-state index contributed by atoms with van der Waals surface area (Å²) in [4.78, 5) is 13.2. The third-order valence-corrected chi connectivity index (χ3v) is 3.58. The van der Waals surface area contributed by atoms with Crippen LogP contribution in [0.25, 0.3) is 11.5 Å². The van der Waals surface area contributed by atoms with E-state index in [4.69, 9.17) is 5.73 Å². The molecule has 0 radical (unpaired) electrons. The van der Waals surface area contributed by atoms with Crippen molar-refractivity contribution < 1.29 is 0 Å². The summed E-state index contributed by atoms with van der Waals surface area (Å²) in [7, 11) is 0. The molecule has 17 heavy (non-hydrogen) atoms. The molecule has 2 aromatic rings. The van der Waals surface area contributed by atoms with E-state index in [1.54, 1.807) is 6.20 Å². The van der Waals surface area contributed by atoms with Crippen LogP contribution >= 0.6 is 15.9 Å². The monoisotopic (exact) mass is 290 g/mol. The fourth-order valence-electron chi connectivity index (χ4n) is 2.12. The lowest BCUT2D eigenvalue weighted by molar-refractivity contribution is 0.899. The second-order valence-electron chi connectivity index (χ2n) is 4.05. The first-order chi connectivity index (χ1) is 8.25. The molecule has 0 amide bonds. The molecule has 0 unspecified atom stereocenters. The number of fused-ring (bicyclic) bond motifs is 1. The van der Waals surface area contributed by atoms with Crippen LogP contribution in [0.3, 0.4) is 0 Å². The van der Waals surface area contributed by atoms with Gasteiger partial charge < -0.3 is 5.73 Å². The Morgan fingerprint density at radius 2 is 2.12 bits per heavy atom. The fourth-order valence-corrected chi connectivity index (χ4v) is 2.55. The quantitative estimate of drug-likeness (QED) is 0.876. The lowest BCUT2D eigenvalue weighted by atomic mass is 10.2. The Morgan fingerprint density at radius 1 is 1.24 bits per heavy atom. The normalized spacial score (nSPS) is 13.7. The van der Waals surface area contributed by atoms with Gasteiger partial charge in [-0.1, -0.05) is 0 Å². The van der Waals surface area contributed by atoms with E-state index in [9.17, 15) is 0 Å². The van der Waals surface area contributed by atoms with Gasteiger partial charge in [0.1, 0.15) is 11.5 Å². The van der Waals surface area contributed by atoms with Gasteiger partial charge in [0, 0.05) is 21.9 Å². The van der Waals surface area contributed by atoms with Crippen LogP contribution in [0.15, 0.2) is 22.8 Å². The van der Waals surface area contributed by atoms with E-state index in [1.165, 1.54) is 0 Å². The molecule has 86 valence electrons. The van der Waals surface area contributed by atoms with Gasteiger partial charge in [-0.25, -0.2) is 9.97 Å². The van der Waals surface area contributed by atoms with Gasteiger partial charge in [-0.2, -0.15) is 0 Å². The predicted octanol–water partition coefficient (Wildman–Crippen LogP) is 2.37. The maximum atomic E-state index is 5.97. The van der Waals surface area contributed by atoms with Gasteiger partial charge in [0.05, 0.1) is 0 Å². The van der Waals surface area contributed by atoms with Gasteiger partial charge >= 0.3 is 0 Å². The van der Waals surface area contributed by atoms with Gasteiger partial charge in [0.25, 0.3) is 0 Å². The molecule has 2 N–H and O–H groups in total. The van der Waals surface area contributed by atoms with E-state index < -0.39 is 0 Å². The van der Waals surface area contributed by atoms with Crippen molar-refractivity contribution in [2.45, 2.75) is 19.3 Å². The van der Waals surface area contributed by atoms with Crippen molar-refractivity contribution >= 4 is 21.7 Å². The summed E-state index contributed by atoms with van der Waals surface area (Å²) in [6.45, 7) is 0. The minimum atomic E-state index is 0.597. The molecule has 0 saturated carbocycles. The Balaban J connectivity index is 2.17. The van der Waals surface area contributed by atoms with Crippen LogP contribution in [0, 0.1) is 0 Å². The second-order valence-corrected chi connectivity index (χ2v) is 4.90. The molecular weight excluding hydrogens is 280 g/mol. The summed E-state index contributed by atoms with van der Waals surface area (Å²) < 4.78 is 0.886. The molecule has 0 atom stereocenters. The molecule has 2 aromatic heterocycles. The highest BCUT2D eigenvalue weighted by Crippen LogP contribution is 2.29. The van der Waals surface area contributed by atoms with Gasteiger partial charge in [-0.15, -0.1) is 0 Å². The van der Waals surface area contributed by atoms with Crippen LogP contribution in [-0.2, 0) is 12.8 Å². The van der Waals surface area contributed by atoms with Crippen molar-refractivity contribution in [1.82, 2.24) is 15.0 Å². The highest BCUT2D eigenvalue weighted by Gasteiger charge is 2.19. The van der Waals surface area contributed by atoms with E-state index in [2.05, 4.69) is 30.9 Å². The molecule has 0 spiro atoms. The Kier molecular flexibility index (Phi) is 2.55. The van der Waals surface area contributed by atoms with Crippen molar-refractivity contribution in [1.29, 1.82) is 0 Å². The number of aromatic nitrogens is 3. The summed E-state index contributed by atoms with van der Waals surface area (Å²) in [6, 6.07) is 3.79. The third kappa shape index (κ3) is 1.80. The number of nitrogens with zero attached hydrogens (tertiary/aromatic N) is 3. The first kappa shape index (κ1) is 10.7. The summed E-state index contributed by atoms with van der Waals surface area (Å²) >= 11 is 3.45. The van der Waals surface area contributed by atoms with Gasteiger partial charge in [0.2, 0.25) is 0 Å². The van der Waals surface area contributed by atoms with Crippen LogP contribution in [0.5, 0.6) is 0 Å². The first-order valence-electron chi connectivity index (χ1n) is 5.52. The summed E-state index contributed by atoms with van der Waals surface area (Å²) in [5, 5.41) is 0. The Hall–Kier alpha value is -1.49. The van der Waals surface area contributed by atoms with E-state index in [1.807, 2.05) is 12.1 Å². The number of anilines is 1. The Morgan fingerprint density at radius 3 is 2.94 bits per heavy atom. The minimum absolute atomic E-state index is 0.597. The van der Waals surface area contributed by atoms with E-state index in [0.29, 0.717) is 11.6 Å². The molecule has 4 nitrogen and oxygen atoms in total. The van der Waals surface area contributed by atoms with E-state index in [0.717, 1.165) is 40.7 Å². The molecule has 5 heteroatoms. The van der Waals surface area contributed by atoms with Crippen LogP contribution < -0.4 is 5.73 Å². The average molecular weight is 291 g/mol. The lowest BCUT2D eigenvalue weighted by Crippen LogP contribution is -2.03. The largest absolute Gasteiger partial charge is 0.383 e. The van der Waals surface area contributed by atoms with Gasteiger partial charge in [-0.05, 0) is 47.3 Å². The molecule has 1 aliphatic carbocycles. The zero-order valence-corrected chi connectivity index (χ0v) is 10.7. The van der Waals surface area contributed by atoms with E-state index >= 15 is 0 Å². The number of nitrogen functional groups attached to an aromatic ring is 1. The number of pyridine rings is 1. The van der Waals surface area contributed by atoms with Gasteiger partial charge in [0.15, 0.2) is 5.82 Å². The molecule has 2 heterocycles. The summed E-state index contributed by atoms with van der Waals surface area (Å²) in [5.74, 6) is 1.20. The Bertz CT molecular complexity index is 583. The fraction of sp³-hybridized carbons (Fsp3) is 0.250. The highest BCUT2D eigenvalue weighted by molar-refractivity contribution is 9.10. The molecule has 0 saturated heterocycles. The molecule has 0 fully saturated rings. The summed E-state index contributed by atoms with van der Waals surface area (Å²) in [6.07, 6.45) is 4.82. The molecule has 0 aliphatic heterocycles. The second kappa shape index (κ2) is 4.07. The molecule has 0 aromatic carbocycles. The number of nitrogens with two attached hydrogens (primary N) is 1.